The fraction of sp³-hybridized carbons (Fsp3) is 0.963. The smallest absolute Gasteiger partial charge is 0.0658 e. The third kappa shape index (κ3) is 8.88. The molecular weight excluding hydrogens is 338 g/mol. The Morgan fingerprint density at radius 2 is 1.11 bits per heavy atom. The summed E-state index contributed by atoms with van der Waals surface area (Å²) in [7, 11) is 0. The molecule has 0 amide bonds. The molecule has 2 rings (SSSR count). The van der Waals surface area contributed by atoms with Crippen molar-refractivity contribution < 1.29 is 0 Å². The Balaban J connectivity index is 1.61. The number of nitriles is 1. The Bertz CT molecular complexity index is 406. The normalized spacial score (nSPS) is 29.3. The van der Waals surface area contributed by atoms with Crippen molar-refractivity contribution in [2.45, 2.75) is 136 Å². The van der Waals surface area contributed by atoms with E-state index in [2.05, 4.69) is 19.9 Å². The van der Waals surface area contributed by atoms with Gasteiger partial charge in [-0.1, -0.05) is 117 Å². The minimum Gasteiger partial charge on any atom is -0.198 e. The summed E-state index contributed by atoms with van der Waals surface area (Å²) in [5.74, 6) is 3.88. The van der Waals surface area contributed by atoms with E-state index in [9.17, 15) is 5.26 Å². The van der Waals surface area contributed by atoms with Crippen LogP contribution in [0.4, 0.5) is 0 Å². The number of hydrogen-bond acceptors (Lipinski definition) is 1. The second-order valence-corrected chi connectivity index (χ2v) is 10.3. The zero-order chi connectivity index (χ0) is 20.0. The van der Waals surface area contributed by atoms with Gasteiger partial charge >= 0.3 is 0 Å². The summed E-state index contributed by atoms with van der Waals surface area (Å²) in [4.78, 5) is 0. The highest BCUT2D eigenvalue weighted by Gasteiger charge is 2.30. The molecule has 28 heavy (non-hydrogen) atoms. The Morgan fingerprint density at radius 3 is 1.57 bits per heavy atom. The largest absolute Gasteiger partial charge is 0.198 e. The van der Waals surface area contributed by atoms with Gasteiger partial charge in [0.25, 0.3) is 0 Å². The summed E-state index contributed by atoms with van der Waals surface area (Å²) in [6, 6.07) is 2.75. The number of rotatable bonds is 13. The number of unbranched alkanes of at least 4 members (excludes halogenated alkanes) is 6. The van der Waals surface area contributed by atoms with Crippen molar-refractivity contribution in [3.63, 3.8) is 0 Å². The average molecular weight is 388 g/mol. The van der Waals surface area contributed by atoms with Gasteiger partial charge in [0.2, 0.25) is 0 Å². The van der Waals surface area contributed by atoms with E-state index >= 15 is 0 Å². The van der Waals surface area contributed by atoms with Gasteiger partial charge in [-0.3, -0.25) is 0 Å². The van der Waals surface area contributed by atoms with E-state index in [1.54, 1.807) is 0 Å². The van der Waals surface area contributed by atoms with Crippen molar-refractivity contribution >= 4 is 0 Å². The third-order valence-corrected chi connectivity index (χ3v) is 8.11. The van der Waals surface area contributed by atoms with Crippen LogP contribution in [0.5, 0.6) is 0 Å². The predicted molar refractivity (Wildman–Crippen MR) is 122 cm³/mol. The van der Waals surface area contributed by atoms with E-state index in [0.717, 1.165) is 17.8 Å². The van der Waals surface area contributed by atoms with Gasteiger partial charge in [0, 0.05) is 5.92 Å². The van der Waals surface area contributed by atoms with Crippen LogP contribution in [0.1, 0.15) is 136 Å². The molecule has 0 N–H and O–H groups in total. The van der Waals surface area contributed by atoms with E-state index in [4.69, 9.17) is 0 Å². The first kappa shape index (κ1) is 23.8. The maximum Gasteiger partial charge on any atom is 0.0658 e. The van der Waals surface area contributed by atoms with Crippen molar-refractivity contribution in [2.75, 3.05) is 0 Å². The van der Waals surface area contributed by atoms with E-state index in [0.29, 0.717) is 11.8 Å². The standard InChI is InChI=1S/C27H49N/c1-3-5-7-9-11-23-13-15-25(16-14-23)21-27(22-28)26-19-17-24(18-20-26)12-10-8-6-4-2/h23-27H,3-21H2,1-2H3/t23-,24-,25-,26-,27?. The summed E-state index contributed by atoms with van der Waals surface area (Å²) >= 11 is 0. The molecule has 1 unspecified atom stereocenters. The van der Waals surface area contributed by atoms with Gasteiger partial charge in [0.1, 0.15) is 0 Å². The molecule has 0 aromatic rings. The lowest BCUT2D eigenvalue weighted by Crippen LogP contribution is -2.24. The Hall–Kier alpha value is -0.510. The van der Waals surface area contributed by atoms with Crippen molar-refractivity contribution in [2.24, 2.45) is 29.6 Å². The SMILES string of the molecule is CCCCCC[C@H]1CC[C@H](CC(C#N)[C@H]2CC[C@H](CCCCCC)CC2)CC1. The molecule has 0 aromatic carbocycles. The quantitative estimate of drug-likeness (QED) is 0.289. The first-order valence-electron chi connectivity index (χ1n) is 13.2. The molecule has 2 aliphatic rings. The maximum atomic E-state index is 9.84. The zero-order valence-corrected chi connectivity index (χ0v) is 19.3. The van der Waals surface area contributed by atoms with Crippen LogP contribution in [-0.2, 0) is 0 Å². The zero-order valence-electron chi connectivity index (χ0n) is 19.3. The minimum absolute atomic E-state index is 0.354. The van der Waals surface area contributed by atoms with E-state index in [1.165, 1.54) is 122 Å². The van der Waals surface area contributed by atoms with Gasteiger partial charge in [-0.15, -0.1) is 0 Å². The summed E-state index contributed by atoms with van der Waals surface area (Å²) in [5, 5.41) is 9.84. The monoisotopic (exact) mass is 387 g/mol. The van der Waals surface area contributed by atoms with E-state index < -0.39 is 0 Å². The Labute approximate surface area is 177 Å². The lowest BCUT2D eigenvalue weighted by atomic mass is 9.70. The highest BCUT2D eigenvalue weighted by molar-refractivity contribution is 4.92. The van der Waals surface area contributed by atoms with Gasteiger partial charge in [-0.05, 0) is 42.9 Å². The summed E-state index contributed by atoms with van der Waals surface area (Å²) < 4.78 is 0. The molecule has 1 atom stereocenters. The second-order valence-electron chi connectivity index (χ2n) is 10.3. The molecule has 2 saturated carbocycles. The summed E-state index contributed by atoms with van der Waals surface area (Å²) in [6.07, 6.45) is 26.6. The molecule has 1 nitrogen and oxygen atoms in total. The summed E-state index contributed by atoms with van der Waals surface area (Å²) in [5.41, 5.74) is 0. The molecule has 2 fully saturated rings. The van der Waals surface area contributed by atoms with Crippen LogP contribution in [0, 0.1) is 40.9 Å². The van der Waals surface area contributed by atoms with Gasteiger partial charge in [0.15, 0.2) is 0 Å². The first-order valence-corrected chi connectivity index (χ1v) is 13.2. The highest BCUT2D eigenvalue weighted by Crippen LogP contribution is 2.41. The fourth-order valence-electron chi connectivity index (χ4n) is 6.06. The lowest BCUT2D eigenvalue weighted by Gasteiger charge is -2.34. The molecule has 0 aliphatic heterocycles. The minimum atomic E-state index is 0.354. The molecule has 0 heterocycles. The predicted octanol–water partition coefficient (Wildman–Crippen LogP) is 9.07. The molecule has 162 valence electrons. The Kier molecular flexibility index (Phi) is 12.3. The van der Waals surface area contributed by atoms with Crippen LogP contribution in [0.15, 0.2) is 0 Å². The van der Waals surface area contributed by atoms with Crippen LogP contribution in [0.2, 0.25) is 0 Å². The van der Waals surface area contributed by atoms with Gasteiger partial charge < -0.3 is 0 Å². The molecule has 0 bridgehead atoms. The van der Waals surface area contributed by atoms with Crippen molar-refractivity contribution in [1.82, 2.24) is 0 Å². The lowest BCUT2D eigenvalue weighted by molar-refractivity contribution is 0.177. The molecule has 2 aliphatic carbocycles. The van der Waals surface area contributed by atoms with Crippen molar-refractivity contribution in [3.8, 4) is 6.07 Å². The van der Waals surface area contributed by atoms with Gasteiger partial charge in [0.05, 0.1) is 6.07 Å². The molecular formula is C27H49N. The Morgan fingerprint density at radius 1 is 0.643 bits per heavy atom. The average Bonchev–Trinajstić information content (AvgIpc) is 2.74. The maximum absolute atomic E-state index is 9.84. The van der Waals surface area contributed by atoms with E-state index in [-0.39, 0.29) is 0 Å². The first-order chi connectivity index (χ1) is 13.8. The van der Waals surface area contributed by atoms with Crippen LogP contribution in [0.3, 0.4) is 0 Å². The van der Waals surface area contributed by atoms with Crippen LogP contribution < -0.4 is 0 Å². The molecule has 0 radical (unpaired) electrons. The van der Waals surface area contributed by atoms with E-state index in [1.807, 2.05) is 0 Å². The number of hydrogen-bond donors (Lipinski definition) is 0. The topological polar surface area (TPSA) is 23.8 Å². The van der Waals surface area contributed by atoms with Gasteiger partial charge in [-0.2, -0.15) is 5.26 Å². The van der Waals surface area contributed by atoms with Crippen LogP contribution in [-0.4, -0.2) is 0 Å². The third-order valence-electron chi connectivity index (χ3n) is 8.11. The summed E-state index contributed by atoms with van der Waals surface area (Å²) in [6.45, 7) is 4.60. The molecule has 0 aromatic heterocycles. The van der Waals surface area contributed by atoms with Crippen LogP contribution >= 0.6 is 0 Å². The van der Waals surface area contributed by atoms with Crippen molar-refractivity contribution in [3.05, 3.63) is 0 Å². The second kappa shape index (κ2) is 14.5. The molecule has 0 spiro atoms. The molecule has 1 heteroatoms. The fourth-order valence-corrected chi connectivity index (χ4v) is 6.06. The number of nitrogens with zero attached hydrogens (tertiary/aromatic N) is 1. The molecule has 0 saturated heterocycles. The van der Waals surface area contributed by atoms with Gasteiger partial charge in [-0.25, -0.2) is 0 Å². The van der Waals surface area contributed by atoms with Crippen molar-refractivity contribution in [1.29, 1.82) is 5.26 Å². The highest BCUT2D eigenvalue weighted by atomic mass is 14.4. The van der Waals surface area contributed by atoms with Crippen LogP contribution in [0.25, 0.3) is 0 Å².